The quantitative estimate of drug-likeness (QED) is 0.503. The summed E-state index contributed by atoms with van der Waals surface area (Å²) in [5, 5.41) is 7.83. The zero-order valence-corrected chi connectivity index (χ0v) is 15.3. The van der Waals surface area contributed by atoms with E-state index < -0.39 is 0 Å². The molecular weight excluding hydrogens is 370 g/mol. The first-order chi connectivity index (χ1) is 12.6. The molecule has 0 fully saturated rings. The highest BCUT2D eigenvalue weighted by Crippen LogP contribution is 2.40. The second-order valence-corrected chi connectivity index (χ2v) is 6.93. The normalized spacial score (nSPS) is 16.7. The van der Waals surface area contributed by atoms with Crippen molar-refractivity contribution in [2.24, 2.45) is 5.10 Å². The van der Waals surface area contributed by atoms with Crippen LogP contribution in [0, 0.1) is 5.82 Å². The maximum absolute atomic E-state index is 14.5. The van der Waals surface area contributed by atoms with Gasteiger partial charge in [-0.2, -0.15) is 5.10 Å². The number of hydrogen-bond acceptors (Lipinski definition) is 2. The van der Waals surface area contributed by atoms with Crippen LogP contribution in [0.3, 0.4) is 0 Å². The third kappa shape index (κ3) is 3.20. The summed E-state index contributed by atoms with van der Waals surface area (Å²) >= 11 is 12.4. The summed E-state index contributed by atoms with van der Waals surface area (Å²) in [6.45, 7) is 0. The molecule has 1 atom stereocenters. The van der Waals surface area contributed by atoms with Crippen molar-refractivity contribution in [2.75, 3.05) is 5.01 Å². The Hall–Kier alpha value is -2.36. The number of para-hydroxylation sites is 1. The van der Waals surface area contributed by atoms with Gasteiger partial charge in [0.05, 0.1) is 22.5 Å². The summed E-state index contributed by atoms with van der Waals surface area (Å²) in [6.07, 6.45) is 0.577. The van der Waals surface area contributed by atoms with Gasteiger partial charge in [-0.15, -0.1) is 0 Å². The Morgan fingerprint density at radius 3 is 2.31 bits per heavy atom. The van der Waals surface area contributed by atoms with Crippen molar-refractivity contribution >= 4 is 34.6 Å². The number of rotatable bonds is 3. The van der Waals surface area contributed by atoms with Gasteiger partial charge in [-0.25, -0.2) is 4.39 Å². The van der Waals surface area contributed by atoms with Crippen LogP contribution in [-0.2, 0) is 0 Å². The lowest BCUT2D eigenvalue weighted by molar-refractivity contribution is 0.579. The van der Waals surface area contributed by atoms with Gasteiger partial charge in [0.25, 0.3) is 0 Å². The molecule has 1 aliphatic rings. The summed E-state index contributed by atoms with van der Waals surface area (Å²) in [4.78, 5) is 0. The molecule has 5 heteroatoms. The molecule has 0 saturated heterocycles. The summed E-state index contributed by atoms with van der Waals surface area (Å²) < 4.78 is 14.5. The number of hydrazone groups is 1. The van der Waals surface area contributed by atoms with Gasteiger partial charge in [-0.1, -0.05) is 65.7 Å². The summed E-state index contributed by atoms with van der Waals surface area (Å²) in [5.41, 5.74) is 3.19. The Kier molecular flexibility index (Phi) is 4.66. The minimum atomic E-state index is -0.262. The molecule has 0 spiro atoms. The van der Waals surface area contributed by atoms with Crippen LogP contribution in [-0.4, -0.2) is 5.71 Å². The smallest absolute Gasteiger partial charge is 0.128 e. The van der Waals surface area contributed by atoms with Crippen LogP contribution in [0.2, 0.25) is 10.0 Å². The van der Waals surface area contributed by atoms with Crippen molar-refractivity contribution in [2.45, 2.75) is 12.5 Å². The van der Waals surface area contributed by atoms with Gasteiger partial charge in [-0.05, 0) is 35.9 Å². The molecule has 0 bridgehead atoms. The van der Waals surface area contributed by atoms with Crippen molar-refractivity contribution < 1.29 is 4.39 Å². The molecule has 1 aliphatic heterocycles. The van der Waals surface area contributed by atoms with E-state index in [9.17, 15) is 4.39 Å². The standard InChI is InChI=1S/C21H15Cl2FN2/c22-15-11-9-14(10-12-15)19-13-21(16-5-1-3-7-18(16)24)26(25-19)20-8-4-2-6-17(20)23/h1-12,21H,13H2. The molecule has 0 aliphatic carbocycles. The fourth-order valence-electron chi connectivity index (χ4n) is 3.17. The first-order valence-electron chi connectivity index (χ1n) is 8.25. The van der Waals surface area contributed by atoms with Crippen LogP contribution in [0.15, 0.2) is 77.9 Å². The summed E-state index contributed by atoms with van der Waals surface area (Å²) in [6, 6.07) is 21.5. The Bertz CT molecular complexity index is 970. The highest BCUT2D eigenvalue weighted by Gasteiger charge is 2.32. The van der Waals surface area contributed by atoms with E-state index >= 15 is 0 Å². The average Bonchev–Trinajstić information content (AvgIpc) is 3.08. The molecule has 2 nitrogen and oxygen atoms in total. The van der Waals surface area contributed by atoms with Crippen molar-refractivity contribution in [3.8, 4) is 0 Å². The third-order valence-electron chi connectivity index (χ3n) is 4.45. The van der Waals surface area contributed by atoms with Gasteiger partial charge in [-0.3, -0.25) is 5.01 Å². The minimum Gasteiger partial charge on any atom is -0.256 e. The lowest BCUT2D eigenvalue weighted by Gasteiger charge is -2.25. The van der Waals surface area contributed by atoms with E-state index in [0.29, 0.717) is 22.0 Å². The minimum absolute atomic E-state index is 0.248. The van der Waals surface area contributed by atoms with Crippen LogP contribution in [0.5, 0.6) is 0 Å². The van der Waals surface area contributed by atoms with Gasteiger partial charge in [0, 0.05) is 17.0 Å². The van der Waals surface area contributed by atoms with Crippen LogP contribution >= 0.6 is 23.2 Å². The molecule has 1 unspecified atom stereocenters. The fraction of sp³-hybridized carbons (Fsp3) is 0.0952. The molecule has 0 N–H and O–H groups in total. The molecule has 0 saturated carbocycles. The van der Waals surface area contributed by atoms with Crippen LogP contribution < -0.4 is 5.01 Å². The molecule has 0 radical (unpaired) electrons. The highest BCUT2D eigenvalue weighted by molar-refractivity contribution is 6.33. The van der Waals surface area contributed by atoms with Crippen molar-refractivity contribution in [1.29, 1.82) is 0 Å². The SMILES string of the molecule is Fc1ccccc1C1CC(c2ccc(Cl)cc2)=NN1c1ccccc1Cl. The second kappa shape index (κ2) is 7.10. The van der Waals surface area contributed by atoms with Crippen molar-refractivity contribution in [3.63, 3.8) is 0 Å². The van der Waals surface area contributed by atoms with Gasteiger partial charge in [0.2, 0.25) is 0 Å². The number of benzene rings is 3. The summed E-state index contributed by atoms with van der Waals surface area (Å²) in [5.74, 6) is -0.248. The molecule has 3 aromatic carbocycles. The van der Waals surface area contributed by atoms with Gasteiger partial charge in [0.1, 0.15) is 5.82 Å². The van der Waals surface area contributed by atoms with E-state index in [0.717, 1.165) is 17.0 Å². The monoisotopic (exact) mass is 384 g/mol. The van der Waals surface area contributed by atoms with E-state index in [1.807, 2.05) is 59.6 Å². The molecule has 3 aromatic rings. The molecule has 130 valence electrons. The van der Waals surface area contributed by atoms with E-state index in [1.54, 1.807) is 12.1 Å². The van der Waals surface area contributed by atoms with E-state index in [2.05, 4.69) is 0 Å². The third-order valence-corrected chi connectivity index (χ3v) is 5.02. The predicted molar refractivity (Wildman–Crippen MR) is 106 cm³/mol. The highest BCUT2D eigenvalue weighted by atomic mass is 35.5. The zero-order valence-electron chi connectivity index (χ0n) is 13.7. The lowest BCUT2D eigenvalue weighted by atomic mass is 9.98. The number of halogens is 3. The van der Waals surface area contributed by atoms with Crippen LogP contribution in [0.1, 0.15) is 23.6 Å². The summed E-state index contributed by atoms with van der Waals surface area (Å²) in [7, 11) is 0. The van der Waals surface area contributed by atoms with E-state index in [-0.39, 0.29) is 11.9 Å². The molecule has 4 rings (SSSR count). The van der Waals surface area contributed by atoms with Gasteiger partial charge < -0.3 is 0 Å². The second-order valence-electron chi connectivity index (χ2n) is 6.09. The zero-order chi connectivity index (χ0) is 18.1. The van der Waals surface area contributed by atoms with E-state index in [4.69, 9.17) is 28.3 Å². The first-order valence-corrected chi connectivity index (χ1v) is 9.00. The van der Waals surface area contributed by atoms with Crippen LogP contribution in [0.25, 0.3) is 0 Å². The Morgan fingerprint density at radius 1 is 0.885 bits per heavy atom. The molecule has 0 amide bonds. The Labute approximate surface area is 161 Å². The van der Waals surface area contributed by atoms with Crippen LogP contribution in [0.4, 0.5) is 10.1 Å². The maximum Gasteiger partial charge on any atom is 0.128 e. The number of nitrogens with zero attached hydrogens (tertiary/aromatic N) is 2. The van der Waals surface area contributed by atoms with Gasteiger partial charge >= 0.3 is 0 Å². The van der Waals surface area contributed by atoms with Gasteiger partial charge in [0.15, 0.2) is 0 Å². The lowest BCUT2D eigenvalue weighted by Crippen LogP contribution is -2.19. The largest absolute Gasteiger partial charge is 0.256 e. The molecular formula is C21H15Cl2FN2. The number of hydrogen-bond donors (Lipinski definition) is 0. The van der Waals surface area contributed by atoms with E-state index in [1.165, 1.54) is 6.07 Å². The maximum atomic E-state index is 14.5. The average molecular weight is 385 g/mol. The molecule has 0 aromatic heterocycles. The Balaban J connectivity index is 1.80. The Morgan fingerprint density at radius 2 is 1.58 bits per heavy atom. The van der Waals surface area contributed by atoms with Crippen molar-refractivity contribution in [3.05, 3.63) is 99.8 Å². The van der Waals surface area contributed by atoms with Crippen molar-refractivity contribution in [1.82, 2.24) is 0 Å². The molecule has 1 heterocycles. The first kappa shape index (κ1) is 17.1. The molecule has 26 heavy (non-hydrogen) atoms. The topological polar surface area (TPSA) is 15.6 Å². The fourth-order valence-corrected chi connectivity index (χ4v) is 3.52. The predicted octanol–water partition coefficient (Wildman–Crippen LogP) is 6.49. The number of anilines is 1.